The van der Waals surface area contributed by atoms with Crippen LogP contribution in [0.5, 0.6) is 5.75 Å². The molecule has 0 aliphatic carbocycles. The summed E-state index contributed by atoms with van der Waals surface area (Å²) in [6.07, 6.45) is 3.02. The minimum absolute atomic E-state index is 0.0472. The van der Waals surface area contributed by atoms with E-state index in [0.717, 1.165) is 50.3 Å². The van der Waals surface area contributed by atoms with Crippen molar-refractivity contribution in [3.8, 4) is 5.75 Å². The van der Waals surface area contributed by atoms with Gasteiger partial charge in [0.2, 0.25) is 5.91 Å². The van der Waals surface area contributed by atoms with Gasteiger partial charge in [-0.2, -0.15) is 0 Å². The van der Waals surface area contributed by atoms with Gasteiger partial charge < -0.3 is 14.8 Å². The molecule has 1 amide bonds. The van der Waals surface area contributed by atoms with E-state index in [-0.39, 0.29) is 11.5 Å². The number of likely N-dealkylation sites (tertiary alicyclic amines) is 1. The van der Waals surface area contributed by atoms with E-state index in [1.54, 1.807) is 7.11 Å². The molecular weight excluding hydrogens is 364 g/mol. The fourth-order valence-corrected chi connectivity index (χ4v) is 3.79. The lowest BCUT2D eigenvalue weighted by Gasteiger charge is -2.31. The van der Waals surface area contributed by atoms with Crippen LogP contribution >= 0.6 is 0 Å². The van der Waals surface area contributed by atoms with E-state index < -0.39 is 0 Å². The maximum Gasteiger partial charge on any atom is 0.221 e. The van der Waals surface area contributed by atoms with Crippen LogP contribution in [0.4, 0.5) is 5.69 Å². The van der Waals surface area contributed by atoms with Crippen LogP contribution in [0.15, 0.2) is 48.5 Å². The van der Waals surface area contributed by atoms with E-state index in [2.05, 4.69) is 41.4 Å². The van der Waals surface area contributed by atoms with E-state index in [0.29, 0.717) is 6.61 Å². The zero-order valence-electron chi connectivity index (χ0n) is 17.7. The van der Waals surface area contributed by atoms with Gasteiger partial charge in [0.25, 0.3) is 0 Å². The van der Waals surface area contributed by atoms with Crippen molar-refractivity contribution in [1.29, 1.82) is 0 Å². The minimum Gasteiger partial charge on any atom is -0.491 e. The number of hydrogen-bond donors (Lipinski definition) is 1. The Hall–Kier alpha value is -2.37. The monoisotopic (exact) mass is 396 g/mol. The van der Waals surface area contributed by atoms with E-state index in [9.17, 15) is 4.79 Å². The Morgan fingerprint density at radius 2 is 1.79 bits per heavy atom. The maximum absolute atomic E-state index is 11.2. The molecule has 2 aromatic carbocycles. The Labute approximate surface area is 174 Å². The van der Waals surface area contributed by atoms with Crippen molar-refractivity contribution < 1.29 is 14.3 Å². The summed E-state index contributed by atoms with van der Waals surface area (Å²) in [5, 5.41) is 2.81. The van der Waals surface area contributed by atoms with Crippen molar-refractivity contribution >= 4 is 11.6 Å². The summed E-state index contributed by atoms with van der Waals surface area (Å²) >= 11 is 0. The summed E-state index contributed by atoms with van der Waals surface area (Å²) in [5.74, 6) is 0.849. The van der Waals surface area contributed by atoms with Crippen LogP contribution in [0.1, 0.15) is 37.3 Å². The maximum atomic E-state index is 11.2. The standard InChI is InChI=1S/C24H32N2O3/c1-19-5-11-23(12-6-19)29-18-24(28-3)13-4-15-26(16-14-24)17-21-7-9-22(10-8-21)25-20(2)27/h5-12H,4,13-18H2,1-3H3,(H,25,27)/t24-/m1/s1. The van der Waals surface area contributed by atoms with Gasteiger partial charge in [0.05, 0.1) is 0 Å². The first-order valence-electron chi connectivity index (χ1n) is 10.3. The number of nitrogens with one attached hydrogen (secondary N) is 1. The summed E-state index contributed by atoms with van der Waals surface area (Å²) < 4.78 is 12.0. The molecular formula is C24H32N2O3. The number of carbonyl (C=O) groups excluding carboxylic acids is 1. The molecule has 0 saturated carbocycles. The highest BCUT2D eigenvalue weighted by Gasteiger charge is 2.33. The number of benzene rings is 2. The van der Waals surface area contributed by atoms with E-state index >= 15 is 0 Å². The summed E-state index contributed by atoms with van der Waals surface area (Å²) in [6, 6.07) is 16.3. The fraction of sp³-hybridized carbons (Fsp3) is 0.458. The van der Waals surface area contributed by atoms with Gasteiger partial charge in [-0.05, 0) is 62.6 Å². The third-order valence-corrected chi connectivity index (χ3v) is 5.63. The Morgan fingerprint density at radius 1 is 1.07 bits per heavy atom. The third kappa shape index (κ3) is 6.31. The molecule has 0 unspecified atom stereocenters. The predicted octanol–water partition coefficient (Wildman–Crippen LogP) is 4.40. The zero-order valence-corrected chi connectivity index (χ0v) is 17.7. The lowest BCUT2D eigenvalue weighted by molar-refractivity contribution is -0.114. The number of aryl methyl sites for hydroxylation is 1. The minimum atomic E-state index is -0.241. The van der Waals surface area contributed by atoms with Crippen LogP contribution in [-0.4, -0.2) is 43.2 Å². The molecule has 5 heteroatoms. The Kier molecular flexibility index (Phi) is 7.29. The molecule has 1 aliphatic heterocycles. The lowest BCUT2D eigenvalue weighted by atomic mass is 9.95. The first-order valence-corrected chi connectivity index (χ1v) is 10.3. The highest BCUT2D eigenvalue weighted by molar-refractivity contribution is 5.88. The van der Waals surface area contributed by atoms with Crippen LogP contribution in [0.3, 0.4) is 0 Å². The quantitative estimate of drug-likeness (QED) is 0.753. The second-order valence-electron chi connectivity index (χ2n) is 8.00. The van der Waals surface area contributed by atoms with Crippen molar-refractivity contribution in [2.45, 2.75) is 45.3 Å². The molecule has 0 spiro atoms. The third-order valence-electron chi connectivity index (χ3n) is 5.63. The molecule has 1 fully saturated rings. The first kappa shape index (κ1) is 21.3. The number of methoxy groups -OCH3 is 1. The van der Waals surface area contributed by atoms with Crippen molar-refractivity contribution in [3.63, 3.8) is 0 Å². The number of nitrogens with zero attached hydrogens (tertiary/aromatic N) is 1. The average Bonchev–Trinajstić information content (AvgIpc) is 2.91. The summed E-state index contributed by atoms with van der Waals surface area (Å²) in [5.41, 5.74) is 3.08. The Bertz CT molecular complexity index is 789. The highest BCUT2D eigenvalue weighted by atomic mass is 16.5. The molecule has 1 atom stereocenters. The fourth-order valence-electron chi connectivity index (χ4n) is 3.79. The molecule has 1 heterocycles. The van der Waals surface area contributed by atoms with E-state index in [1.165, 1.54) is 18.1 Å². The van der Waals surface area contributed by atoms with Gasteiger partial charge in [-0.1, -0.05) is 29.8 Å². The van der Waals surface area contributed by atoms with Crippen LogP contribution in [0.2, 0.25) is 0 Å². The molecule has 29 heavy (non-hydrogen) atoms. The average molecular weight is 397 g/mol. The van der Waals surface area contributed by atoms with Crippen LogP contribution in [-0.2, 0) is 16.1 Å². The molecule has 2 aromatic rings. The number of carbonyl (C=O) groups is 1. The van der Waals surface area contributed by atoms with Crippen LogP contribution < -0.4 is 10.1 Å². The smallest absolute Gasteiger partial charge is 0.221 e. The summed E-state index contributed by atoms with van der Waals surface area (Å²) in [6.45, 7) is 7.09. The molecule has 1 N–H and O–H groups in total. The molecule has 1 aliphatic rings. The second kappa shape index (κ2) is 9.90. The first-order chi connectivity index (χ1) is 14.0. The van der Waals surface area contributed by atoms with Gasteiger partial charge >= 0.3 is 0 Å². The van der Waals surface area contributed by atoms with Gasteiger partial charge in [-0.3, -0.25) is 9.69 Å². The molecule has 3 rings (SSSR count). The molecule has 1 saturated heterocycles. The number of hydrogen-bond acceptors (Lipinski definition) is 4. The molecule has 156 valence electrons. The SMILES string of the molecule is CO[C@]1(COc2ccc(C)cc2)CCCN(Cc2ccc(NC(C)=O)cc2)CC1. The van der Waals surface area contributed by atoms with Gasteiger partial charge in [0, 0.05) is 32.8 Å². The van der Waals surface area contributed by atoms with E-state index in [1.807, 2.05) is 24.3 Å². The number of amides is 1. The summed E-state index contributed by atoms with van der Waals surface area (Å²) in [7, 11) is 1.80. The highest BCUT2D eigenvalue weighted by Crippen LogP contribution is 2.28. The number of rotatable bonds is 7. The van der Waals surface area contributed by atoms with E-state index in [4.69, 9.17) is 9.47 Å². The van der Waals surface area contributed by atoms with Gasteiger partial charge in [0.15, 0.2) is 0 Å². The summed E-state index contributed by atoms with van der Waals surface area (Å²) in [4.78, 5) is 13.6. The van der Waals surface area contributed by atoms with Crippen LogP contribution in [0, 0.1) is 6.92 Å². The topological polar surface area (TPSA) is 50.8 Å². The van der Waals surface area contributed by atoms with Gasteiger partial charge in [0.1, 0.15) is 18.0 Å². The number of ether oxygens (including phenoxy) is 2. The largest absolute Gasteiger partial charge is 0.491 e. The second-order valence-corrected chi connectivity index (χ2v) is 8.00. The zero-order chi connectivity index (χ0) is 20.7. The predicted molar refractivity (Wildman–Crippen MR) is 116 cm³/mol. The molecule has 0 radical (unpaired) electrons. The Morgan fingerprint density at radius 3 is 2.45 bits per heavy atom. The van der Waals surface area contributed by atoms with Crippen molar-refractivity contribution in [3.05, 3.63) is 59.7 Å². The molecule has 5 nitrogen and oxygen atoms in total. The van der Waals surface area contributed by atoms with Gasteiger partial charge in [-0.25, -0.2) is 0 Å². The normalized spacial score (nSPS) is 20.1. The Balaban J connectivity index is 1.55. The number of anilines is 1. The van der Waals surface area contributed by atoms with Crippen molar-refractivity contribution in [1.82, 2.24) is 4.90 Å². The van der Waals surface area contributed by atoms with Crippen molar-refractivity contribution in [2.24, 2.45) is 0 Å². The van der Waals surface area contributed by atoms with Crippen molar-refractivity contribution in [2.75, 3.05) is 32.1 Å². The lowest BCUT2D eigenvalue weighted by Crippen LogP contribution is -2.39. The molecule has 0 bridgehead atoms. The van der Waals surface area contributed by atoms with Crippen LogP contribution in [0.25, 0.3) is 0 Å². The molecule has 0 aromatic heterocycles. The van der Waals surface area contributed by atoms with Gasteiger partial charge in [-0.15, -0.1) is 0 Å².